The van der Waals surface area contributed by atoms with Gasteiger partial charge in [-0.05, 0) is 17.9 Å². The van der Waals surface area contributed by atoms with Gasteiger partial charge in [-0.1, -0.05) is 6.07 Å². The van der Waals surface area contributed by atoms with Crippen molar-refractivity contribution in [2.75, 3.05) is 26.2 Å². The third-order valence-electron chi connectivity index (χ3n) is 3.79. The number of hydrogen-bond donors (Lipinski definition) is 0. The van der Waals surface area contributed by atoms with Crippen LogP contribution in [0.4, 0.5) is 0 Å². The van der Waals surface area contributed by atoms with Crippen LogP contribution < -0.4 is 0 Å². The van der Waals surface area contributed by atoms with Crippen molar-refractivity contribution < 1.29 is 16.8 Å². The number of aryl methyl sites for hydroxylation is 1. The van der Waals surface area contributed by atoms with E-state index in [0.29, 0.717) is 13.0 Å². The highest BCUT2D eigenvalue weighted by Gasteiger charge is 2.32. The van der Waals surface area contributed by atoms with Crippen molar-refractivity contribution in [2.24, 2.45) is 7.05 Å². The zero-order valence-corrected chi connectivity index (χ0v) is 15.5. The molecule has 0 atom stereocenters. The maximum atomic E-state index is 12.6. The number of sulfonamides is 2. The second-order valence-corrected chi connectivity index (χ2v) is 10.5. The van der Waals surface area contributed by atoms with Gasteiger partial charge in [0, 0.05) is 39.4 Å². The van der Waals surface area contributed by atoms with Crippen LogP contribution >= 0.6 is 11.3 Å². The molecule has 11 heteroatoms. The molecule has 0 spiro atoms. The maximum absolute atomic E-state index is 12.6. The fraction of sp³-hybridized carbons (Fsp3) is 0.462. The van der Waals surface area contributed by atoms with Crippen molar-refractivity contribution in [1.29, 1.82) is 0 Å². The first-order valence-corrected chi connectivity index (χ1v) is 11.1. The third-order valence-corrected chi connectivity index (χ3v) is 8.84. The van der Waals surface area contributed by atoms with Crippen molar-refractivity contribution in [1.82, 2.24) is 18.2 Å². The lowest BCUT2D eigenvalue weighted by atomic mass is 10.4. The lowest BCUT2D eigenvalue weighted by molar-refractivity contribution is 0.404. The Labute approximate surface area is 145 Å². The molecule has 0 saturated carbocycles. The Bertz CT molecular complexity index is 903. The summed E-state index contributed by atoms with van der Waals surface area (Å²) < 4.78 is 54.9. The molecule has 8 nitrogen and oxygen atoms in total. The van der Waals surface area contributed by atoms with Gasteiger partial charge in [0.25, 0.3) is 20.0 Å². The number of rotatable bonds is 4. The molecule has 0 amide bonds. The van der Waals surface area contributed by atoms with Crippen LogP contribution in [0.15, 0.2) is 39.3 Å². The second kappa shape index (κ2) is 6.56. The zero-order valence-electron chi connectivity index (χ0n) is 13.1. The minimum atomic E-state index is -3.70. The summed E-state index contributed by atoms with van der Waals surface area (Å²) in [5.41, 5.74) is 0. The first-order valence-electron chi connectivity index (χ1n) is 7.33. The predicted octanol–water partition coefficient (Wildman–Crippen LogP) is 0.567. The Morgan fingerprint density at radius 1 is 1.04 bits per heavy atom. The van der Waals surface area contributed by atoms with E-state index in [0.717, 1.165) is 11.3 Å². The van der Waals surface area contributed by atoms with Crippen LogP contribution in [-0.4, -0.2) is 61.2 Å². The van der Waals surface area contributed by atoms with Crippen molar-refractivity contribution in [3.8, 4) is 0 Å². The van der Waals surface area contributed by atoms with Crippen LogP contribution in [0.1, 0.15) is 6.42 Å². The van der Waals surface area contributed by atoms with E-state index >= 15 is 0 Å². The highest BCUT2D eigenvalue weighted by molar-refractivity contribution is 7.91. The van der Waals surface area contributed by atoms with Gasteiger partial charge in [-0.25, -0.2) is 21.8 Å². The highest BCUT2D eigenvalue weighted by Crippen LogP contribution is 2.23. The summed E-state index contributed by atoms with van der Waals surface area (Å²) in [6.45, 7) is 0.819. The van der Waals surface area contributed by atoms with Crippen LogP contribution in [0.2, 0.25) is 0 Å². The topological polar surface area (TPSA) is 92.6 Å². The molecule has 0 aliphatic carbocycles. The van der Waals surface area contributed by atoms with Gasteiger partial charge >= 0.3 is 0 Å². The first kappa shape index (κ1) is 17.5. The molecule has 0 radical (unpaired) electrons. The minimum absolute atomic E-state index is 0.0143. The van der Waals surface area contributed by atoms with Crippen LogP contribution in [0.5, 0.6) is 0 Å². The highest BCUT2D eigenvalue weighted by atomic mass is 32.2. The van der Waals surface area contributed by atoms with Gasteiger partial charge in [0.15, 0.2) is 5.03 Å². The quantitative estimate of drug-likeness (QED) is 0.761. The fourth-order valence-electron chi connectivity index (χ4n) is 2.54. The van der Waals surface area contributed by atoms with Gasteiger partial charge in [-0.2, -0.15) is 8.61 Å². The monoisotopic (exact) mass is 390 g/mol. The Morgan fingerprint density at radius 3 is 2.25 bits per heavy atom. The molecule has 0 bridgehead atoms. The van der Waals surface area contributed by atoms with Crippen molar-refractivity contribution in [2.45, 2.75) is 15.7 Å². The van der Waals surface area contributed by atoms with E-state index in [1.165, 1.54) is 21.1 Å². The fourth-order valence-corrected chi connectivity index (χ4v) is 6.59. The van der Waals surface area contributed by atoms with E-state index in [-0.39, 0.29) is 28.9 Å². The molecule has 132 valence electrons. The summed E-state index contributed by atoms with van der Waals surface area (Å²) >= 11 is 1.16. The molecule has 0 aromatic carbocycles. The molecule has 1 aliphatic rings. The second-order valence-electron chi connectivity index (χ2n) is 5.47. The van der Waals surface area contributed by atoms with Crippen LogP contribution in [-0.2, 0) is 27.1 Å². The van der Waals surface area contributed by atoms with E-state index in [9.17, 15) is 16.8 Å². The number of imidazole rings is 1. The number of aromatic nitrogens is 2. The Hall–Kier alpha value is -1.27. The SMILES string of the molecule is Cn1cnc(S(=O)(=O)N2CCCN(S(=O)(=O)c3cccs3)CC2)c1. The summed E-state index contributed by atoms with van der Waals surface area (Å²) in [5.74, 6) is 0. The summed E-state index contributed by atoms with van der Waals surface area (Å²) in [7, 11) is -5.57. The molecule has 1 aliphatic heterocycles. The van der Waals surface area contributed by atoms with E-state index < -0.39 is 20.0 Å². The molecule has 1 fully saturated rings. The largest absolute Gasteiger partial charge is 0.339 e. The lowest BCUT2D eigenvalue weighted by Crippen LogP contribution is -2.37. The van der Waals surface area contributed by atoms with Crippen molar-refractivity contribution >= 4 is 31.4 Å². The van der Waals surface area contributed by atoms with Gasteiger partial charge in [0.2, 0.25) is 0 Å². The van der Waals surface area contributed by atoms with Gasteiger partial charge in [-0.3, -0.25) is 0 Å². The molecular weight excluding hydrogens is 372 g/mol. The van der Waals surface area contributed by atoms with E-state index in [1.807, 2.05) is 0 Å². The average molecular weight is 391 g/mol. The Balaban J connectivity index is 1.78. The summed E-state index contributed by atoms with van der Waals surface area (Å²) in [5, 5.41) is 1.70. The Kier molecular flexibility index (Phi) is 4.80. The average Bonchev–Trinajstić information content (AvgIpc) is 3.14. The summed E-state index contributed by atoms with van der Waals surface area (Å²) in [6.07, 6.45) is 3.31. The van der Waals surface area contributed by atoms with E-state index in [2.05, 4.69) is 4.98 Å². The molecule has 0 unspecified atom stereocenters. The summed E-state index contributed by atoms with van der Waals surface area (Å²) in [6, 6.07) is 3.25. The molecule has 3 rings (SSSR count). The molecule has 3 heterocycles. The predicted molar refractivity (Wildman–Crippen MR) is 89.7 cm³/mol. The number of nitrogens with zero attached hydrogens (tertiary/aromatic N) is 4. The van der Waals surface area contributed by atoms with Crippen LogP contribution in [0, 0.1) is 0 Å². The number of thiophene rings is 1. The number of hydrogen-bond acceptors (Lipinski definition) is 6. The maximum Gasteiger partial charge on any atom is 0.262 e. The van der Waals surface area contributed by atoms with E-state index in [1.54, 1.807) is 29.1 Å². The van der Waals surface area contributed by atoms with Crippen LogP contribution in [0.25, 0.3) is 0 Å². The molecular formula is C13H18N4O4S3. The lowest BCUT2D eigenvalue weighted by Gasteiger charge is -2.20. The first-order chi connectivity index (χ1) is 11.3. The van der Waals surface area contributed by atoms with Crippen molar-refractivity contribution in [3.63, 3.8) is 0 Å². The van der Waals surface area contributed by atoms with Crippen LogP contribution in [0.3, 0.4) is 0 Å². The molecule has 2 aromatic heterocycles. The zero-order chi connectivity index (χ0) is 17.4. The Morgan fingerprint density at radius 2 is 1.71 bits per heavy atom. The standard InChI is InChI=1S/C13H18N4O4S3/c1-15-10-12(14-11-15)23(18,19)16-5-3-6-17(8-7-16)24(20,21)13-4-2-9-22-13/h2,4,9-11H,3,5-8H2,1H3. The normalized spacial score (nSPS) is 18.5. The molecule has 0 N–H and O–H groups in total. The van der Waals surface area contributed by atoms with Gasteiger partial charge in [-0.15, -0.1) is 11.3 Å². The molecule has 2 aromatic rings. The van der Waals surface area contributed by atoms with Gasteiger partial charge in [0.05, 0.1) is 6.33 Å². The van der Waals surface area contributed by atoms with Gasteiger partial charge in [0.1, 0.15) is 4.21 Å². The van der Waals surface area contributed by atoms with Crippen molar-refractivity contribution in [3.05, 3.63) is 30.0 Å². The third kappa shape index (κ3) is 3.26. The molecule has 1 saturated heterocycles. The van der Waals surface area contributed by atoms with Gasteiger partial charge < -0.3 is 4.57 Å². The molecule has 24 heavy (non-hydrogen) atoms. The summed E-state index contributed by atoms with van der Waals surface area (Å²) in [4.78, 5) is 3.90. The van der Waals surface area contributed by atoms with E-state index in [4.69, 9.17) is 0 Å². The smallest absolute Gasteiger partial charge is 0.262 e. The minimum Gasteiger partial charge on any atom is -0.339 e.